The van der Waals surface area contributed by atoms with E-state index in [1.54, 1.807) is 6.07 Å². The topological polar surface area (TPSA) is 95.0 Å². The van der Waals surface area contributed by atoms with Crippen molar-refractivity contribution in [3.05, 3.63) is 47.8 Å². The molecule has 4 rings (SSSR count). The molecule has 1 saturated heterocycles. The van der Waals surface area contributed by atoms with Crippen molar-refractivity contribution in [3.8, 4) is 17.1 Å². The zero-order valence-corrected chi connectivity index (χ0v) is 18.5. The number of carbonyl (C=O) groups excluding carboxylic acids is 2. The van der Waals surface area contributed by atoms with Crippen molar-refractivity contribution in [1.82, 2.24) is 0 Å². The second-order valence-electron chi connectivity index (χ2n) is 7.60. The van der Waals surface area contributed by atoms with Crippen LogP contribution in [0.5, 0.6) is 5.75 Å². The fraction of sp³-hybridized carbons (Fsp3) is 0.304. The van der Waals surface area contributed by atoms with E-state index in [0.29, 0.717) is 22.3 Å². The second-order valence-corrected chi connectivity index (χ2v) is 8.83. The van der Waals surface area contributed by atoms with E-state index in [1.807, 2.05) is 31.7 Å². The highest BCUT2D eigenvalue weighted by molar-refractivity contribution is 7.99. The maximum Gasteiger partial charge on any atom is 0.412 e. The van der Waals surface area contributed by atoms with Crippen molar-refractivity contribution >= 4 is 40.5 Å². The van der Waals surface area contributed by atoms with Gasteiger partial charge >= 0.3 is 12.1 Å². The fourth-order valence-corrected chi connectivity index (χ4v) is 4.56. The lowest BCUT2D eigenvalue weighted by atomic mass is 10.0. The Morgan fingerprint density at radius 3 is 2.47 bits per heavy atom. The van der Waals surface area contributed by atoms with E-state index in [0.717, 1.165) is 30.3 Å². The maximum atomic E-state index is 13.5. The molecule has 3 aromatic rings. The molecule has 9 heteroatoms. The van der Waals surface area contributed by atoms with Gasteiger partial charge in [-0.25, -0.2) is 14.0 Å². The number of ether oxygens (including phenoxy) is 2. The number of amides is 1. The molecule has 1 aliphatic heterocycles. The third-order valence-corrected chi connectivity index (χ3v) is 5.93. The SMILES string of the molecule is CC(C)Oc1cc2c(C(=O)OC(N)=O)c(-c3ccc(F)cc3)oc2cc1N1CCSCC1. The van der Waals surface area contributed by atoms with Crippen molar-refractivity contribution < 1.29 is 27.9 Å². The van der Waals surface area contributed by atoms with Gasteiger partial charge in [-0.1, -0.05) is 0 Å². The first-order valence-electron chi connectivity index (χ1n) is 10.2. The molecule has 0 radical (unpaired) electrons. The molecule has 2 aromatic carbocycles. The number of nitrogens with two attached hydrogens (primary N) is 1. The summed E-state index contributed by atoms with van der Waals surface area (Å²) in [5.74, 6) is 1.37. The van der Waals surface area contributed by atoms with E-state index in [2.05, 4.69) is 9.64 Å². The summed E-state index contributed by atoms with van der Waals surface area (Å²) in [5.41, 5.74) is 6.84. The van der Waals surface area contributed by atoms with Gasteiger partial charge in [-0.05, 0) is 44.2 Å². The van der Waals surface area contributed by atoms with Gasteiger partial charge in [-0.3, -0.25) is 0 Å². The molecule has 0 atom stereocenters. The number of furan rings is 1. The van der Waals surface area contributed by atoms with E-state index in [1.165, 1.54) is 24.3 Å². The summed E-state index contributed by atoms with van der Waals surface area (Å²) in [6.07, 6.45) is -1.33. The number of esters is 1. The first-order valence-corrected chi connectivity index (χ1v) is 11.4. The van der Waals surface area contributed by atoms with Crippen LogP contribution in [0.25, 0.3) is 22.3 Å². The molecule has 0 unspecified atom stereocenters. The Morgan fingerprint density at radius 2 is 1.84 bits per heavy atom. The number of rotatable bonds is 5. The minimum absolute atomic E-state index is 0.0276. The summed E-state index contributed by atoms with van der Waals surface area (Å²) < 4.78 is 30.3. The maximum absolute atomic E-state index is 13.5. The summed E-state index contributed by atoms with van der Waals surface area (Å²) in [4.78, 5) is 26.3. The van der Waals surface area contributed by atoms with Crippen molar-refractivity contribution in [2.45, 2.75) is 20.0 Å². The van der Waals surface area contributed by atoms with E-state index in [9.17, 15) is 14.0 Å². The number of anilines is 1. The Balaban J connectivity index is 1.93. The largest absolute Gasteiger partial charge is 0.489 e. The van der Waals surface area contributed by atoms with E-state index < -0.39 is 17.9 Å². The van der Waals surface area contributed by atoms with Crippen LogP contribution in [0.1, 0.15) is 24.2 Å². The Kier molecular flexibility index (Phi) is 6.27. The molecular weight excluding hydrogens is 435 g/mol. The van der Waals surface area contributed by atoms with Crippen molar-refractivity contribution in [3.63, 3.8) is 0 Å². The molecule has 7 nitrogen and oxygen atoms in total. The number of carbonyl (C=O) groups is 2. The number of halogens is 1. The lowest BCUT2D eigenvalue weighted by molar-refractivity contribution is 0.0640. The van der Waals surface area contributed by atoms with Gasteiger partial charge in [0.1, 0.15) is 28.5 Å². The molecule has 0 saturated carbocycles. The van der Waals surface area contributed by atoms with Gasteiger partial charge in [0.2, 0.25) is 0 Å². The third kappa shape index (κ3) is 4.52. The van der Waals surface area contributed by atoms with Crippen molar-refractivity contribution in [1.29, 1.82) is 0 Å². The normalized spacial score (nSPS) is 14.1. The molecule has 1 fully saturated rings. The van der Waals surface area contributed by atoms with Gasteiger partial charge in [-0.15, -0.1) is 0 Å². The zero-order valence-electron chi connectivity index (χ0n) is 17.7. The highest BCUT2D eigenvalue weighted by Crippen LogP contribution is 2.41. The number of benzene rings is 2. The third-order valence-electron chi connectivity index (χ3n) is 4.99. The quantitative estimate of drug-likeness (QED) is 0.433. The average molecular weight is 459 g/mol. The summed E-state index contributed by atoms with van der Waals surface area (Å²) >= 11 is 1.89. The standard InChI is InChI=1S/C23H23FN2O5S/c1-13(2)29-19-11-16-18(12-17(19)26-7-9-32-10-8-26)30-21(14-3-5-15(24)6-4-14)20(16)22(27)31-23(25)28/h3-6,11-13H,7-10H2,1-2H3,(H2,25,28). The predicted molar refractivity (Wildman–Crippen MR) is 122 cm³/mol. The predicted octanol–water partition coefficient (Wildman–Crippen LogP) is 4.81. The molecule has 0 bridgehead atoms. The van der Waals surface area contributed by atoms with Crippen molar-refractivity contribution in [2.75, 3.05) is 29.5 Å². The fourth-order valence-electron chi connectivity index (χ4n) is 3.66. The number of thioether (sulfide) groups is 1. The summed E-state index contributed by atoms with van der Waals surface area (Å²) in [7, 11) is 0. The van der Waals surface area contributed by atoms with Crippen LogP contribution in [-0.4, -0.2) is 42.8 Å². The smallest absolute Gasteiger partial charge is 0.412 e. The van der Waals surface area contributed by atoms with Crippen LogP contribution >= 0.6 is 11.8 Å². The van der Waals surface area contributed by atoms with Crippen LogP contribution in [-0.2, 0) is 4.74 Å². The molecule has 0 spiro atoms. The van der Waals surface area contributed by atoms with E-state index >= 15 is 0 Å². The molecule has 32 heavy (non-hydrogen) atoms. The lowest BCUT2D eigenvalue weighted by Gasteiger charge is -2.30. The minimum Gasteiger partial charge on any atom is -0.489 e. The van der Waals surface area contributed by atoms with Crippen LogP contribution in [0.15, 0.2) is 40.8 Å². The van der Waals surface area contributed by atoms with Gasteiger partial charge in [0.05, 0.1) is 11.8 Å². The Morgan fingerprint density at radius 1 is 1.16 bits per heavy atom. The Hall–Kier alpha value is -3.20. The molecule has 1 amide bonds. The number of hydrogen-bond acceptors (Lipinski definition) is 7. The molecule has 2 N–H and O–H groups in total. The highest BCUT2D eigenvalue weighted by Gasteiger charge is 2.28. The van der Waals surface area contributed by atoms with Gasteiger partial charge in [0.15, 0.2) is 0 Å². The van der Waals surface area contributed by atoms with Gasteiger partial charge < -0.3 is 24.5 Å². The Bertz CT molecular complexity index is 1150. The number of primary amides is 1. The van der Waals surface area contributed by atoms with Crippen LogP contribution in [0.4, 0.5) is 14.9 Å². The van der Waals surface area contributed by atoms with Crippen LogP contribution in [0.3, 0.4) is 0 Å². The average Bonchev–Trinajstić information content (AvgIpc) is 3.12. The van der Waals surface area contributed by atoms with Gasteiger partial charge in [0, 0.05) is 41.6 Å². The van der Waals surface area contributed by atoms with Gasteiger partial charge in [-0.2, -0.15) is 11.8 Å². The lowest BCUT2D eigenvalue weighted by Crippen LogP contribution is -2.32. The molecule has 1 aliphatic rings. The van der Waals surface area contributed by atoms with E-state index in [-0.39, 0.29) is 17.4 Å². The molecular formula is C23H23FN2O5S. The molecule has 0 aliphatic carbocycles. The first-order chi connectivity index (χ1) is 15.3. The van der Waals surface area contributed by atoms with Crippen LogP contribution < -0.4 is 15.4 Å². The number of fused-ring (bicyclic) bond motifs is 1. The van der Waals surface area contributed by atoms with Gasteiger partial charge in [0.25, 0.3) is 0 Å². The molecule has 2 heterocycles. The monoisotopic (exact) mass is 458 g/mol. The minimum atomic E-state index is -1.23. The summed E-state index contributed by atoms with van der Waals surface area (Å²) in [6.45, 7) is 5.54. The second kappa shape index (κ2) is 9.12. The summed E-state index contributed by atoms with van der Waals surface area (Å²) in [6, 6.07) is 9.05. The first kappa shape index (κ1) is 22.0. The Labute approximate surface area is 188 Å². The molecule has 168 valence electrons. The molecule has 1 aromatic heterocycles. The highest BCUT2D eigenvalue weighted by atomic mass is 32.2. The van der Waals surface area contributed by atoms with Crippen molar-refractivity contribution in [2.24, 2.45) is 5.73 Å². The van der Waals surface area contributed by atoms with Crippen LogP contribution in [0, 0.1) is 5.82 Å². The number of nitrogens with zero attached hydrogens (tertiary/aromatic N) is 1. The summed E-state index contributed by atoms with van der Waals surface area (Å²) in [5, 5.41) is 0.418. The van der Waals surface area contributed by atoms with Crippen LogP contribution in [0.2, 0.25) is 0 Å². The van der Waals surface area contributed by atoms with E-state index in [4.69, 9.17) is 14.9 Å². The zero-order chi connectivity index (χ0) is 22.8. The number of hydrogen-bond donors (Lipinski definition) is 1.